The quantitative estimate of drug-likeness (QED) is 0.242. The molecule has 4 nitrogen and oxygen atoms in total. The molecule has 0 atom stereocenters. The lowest BCUT2D eigenvalue weighted by molar-refractivity contribution is -0.113. The summed E-state index contributed by atoms with van der Waals surface area (Å²) in [4.78, 5) is 20.3. The lowest BCUT2D eigenvalue weighted by Gasteiger charge is -2.16. The summed E-state index contributed by atoms with van der Waals surface area (Å²) in [5, 5.41) is 2.12. The number of anilines is 1. The minimum absolute atomic E-state index is 0.0910. The number of halogens is 3. The van der Waals surface area contributed by atoms with E-state index in [9.17, 15) is 4.79 Å². The van der Waals surface area contributed by atoms with Gasteiger partial charge in [0, 0.05) is 20.6 Å². The largest absolute Gasteiger partial charge is 0.480 e. The first kappa shape index (κ1) is 25.2. The highest BCUT2D eigenvalue weighted by molar-refractivity contribution is 8.19. The number of carbonyl (C=O) groups is 1. The Morgan fingerprint density at radius 3 is 2.43 bits per heavy atom. The fourth-order valence-electron chi connectivity index (χ4n) is 3.28. The molecule has 1 fully saturated rings. The Morgan fingerprint density at radius 1 is 1.03 bits per heavy atom. The minimum Gasteiger partial charge on any atom is -0.480 e. The first-order chi connectivity index (χ1) is 16.8. The Balaban J connectivity index is 1.82. The lowest BCUT2D eigenvalue weighted by atomic mass is 10.1. The van der Waals surface area contributed by atoms with Gasteiger partial charge in [0.05, 0.1) is 16.3 Å². The number of carbonyl (C=O) groups excluding carboxylic acids is 1. The van der Waals surface area contributed by atoms with Gasteiger partial charge < -0.3 is 4.74 Å². The van der Waals surface area contributed by atoms with Gasteiger partial charge in [-0.3, -0.25) is 9.69 Å². The molecule has 0 bridgehead atoms. The molecule has 1 aliphatic rings. The highest BCUT2D eigenvalue weighted by atomic mass is 35.5. The molecule has 4 rings (SSSR count). The molecule has 1 aliphatic heterocycles. The monoisotopic (exact) mass is 540 g/mol. The van der Waals surface area contributed by atoms with Crippen molar-refractivity contribution in [2.75, 3.05) is 11.5 Å². The van der Waals surface area contributed by atoms with E-state index in [2.05, 4.69) is 5.92 Å². The van der Waals surface area contributed by atoms with Gasteiger partial charge in [0.25, 0.3) is 5.91 Å². The summed E-state index contributed by atoms with van der Waals surface area (Å²) in [5.41, 5.74) is 3.71. The molecule has 0 N–H and O–H groups in total. The zero-order valence-corrected chi connectivity index (χ0v) is 21.9. The van der Waals surface area contributed by atoms with E-state index in [0.717, 1.165) is 11.1 Å². The molecule has 35 heavy (non-hydrogen) atoms. The Morgan fingerprint density at radius 2 is 1.74 bits per heavy atom. The van der Waals surface area contributed by atoms with Crippen LogP contribution in [0.3, 0.4) is 0 Å². The molecule has 8 heteroatoms. The van der Waals surface area contributed by atoms with Crippen LogP contribution >= 0.6 is 46.6 Å². The number of rotatable bonds is 5. The van der Waals surface area contributed by atoms with Gasteiger partial charge >= 0.3 is 0 Å². The van der Waals surface area contributed by atoms with Gasteiger partial charge in [-0.25, -0.2) is 4.99 Å². The third kappa shape index (κ3) is 5.69. The number of ether oxygens (including phenoxy) is 1. The molecule has 0 radical (unpaired) electrons. The fourth-order valence-corrected chi connectivity index (χ4v) is 4.81. The third-order valence-corrected chi connectivity index (χ3v) is 7.19. The lowest BCUT2D eigenvalue weighted by Crippen LogP contribution is -2.28. The number of amides is 1. The molecule has 3 aromatic carbocycles. The third-order valence-electron chi connectivity index (χ3n) is 5.17. The first-order valence-electron chi connectivity index (χ1n) is 10.5. The molecule has 0 aromatic heterocycles. The minimum atomic E-state index is -0.255. The van der Waals surface area contributed by atoms with Crippen LogP contribution in [0.25, 0.3) is 6.08 Å². The Kier molecular flexibility index (Phi) is 7.78. The number of benzene rings is 3. The summed E-state index contributed by atoms with van der Waals surface area (Å²) in [5.74, 6) is 2.71. The molecule has 0 unspecified atom stereocenters. The summed E-state index contributed by atoms with van der Waals surface area (Å²) >= 11 is 20.1. The van der Waals surface area contributed by atoms with Crippen LogP contribution in [0.15, 0.2) is 64.5 Å². The Hall–Kier alpha value is -2.88. The normalized spacial score (nSPS) is 15.7. The van der Waals surface area contributed by atoms with Crippen molar-refractivity contribution >= 4 is 75.1 Å². The van der Waals surface area contributed by atoms with Crippen molar-refractivity contribution in [2.45, 2.75) is 13.8 Å². The van der Waals surface area contributed by atoms with Crippen LogP contribution in [0.1, 0.15) is 16.7 Å². The molecular weight excluding hydrogens is 523 g/mol. The number of nitrogens with zero attached hydrogens (tertiary/aromatic N) is 2. The maximum atomic E-state index is 13.6. The number of aryl methyl sites for hydroxylation is 2. The maximum Gasteiger partial charge on any atom is 0.271 e. The molecular formula is C27H19Cl3N2O2S. The summed E-state index contributed by atoms with van der Waals surface area (Å²) in [6, 6.07) is 16.1. The predicted octanol–water partition coefficient (Wildman–Crippen LogP) is 8.08. The van der Waals surface area contributed by atoms with E-state index >= 15 is 0 Å². The maximum absolute atomic E-state index is 13.6. The molecule has 0 aliphatic carbocycles. The van der Waals surface area contributed by atoms with E-state index in [1.165, 1.54) is 16.7 Å². The average Bonchev–Trinajstić information content (AvgIpc) is 3.12. The fraction of sp³-hybridized carbons (Fsp3) is 0.111. The topological polar surface area (TPSA) is 41.9 Å². The van der Waals surface area contributed by atoms with Gasteiger partial charge in [-0.2, -0.15) is 0 Å². The summed E-state index contributed by atoms with van der Waals surface area (Å²) < 4.78 is 5.64. The second kappa shape index (κ2) is 10.8. The molecule has 1 heterocycles. The zero-order chi connectivity index (χ0) is 25.1. The van der Waals surface area contributed by atoms with Crippen molar-refractivity contribution in [2.24, 2.45) is 4.99 Å². The van der Waals surface area contributed by atoms with Crippen molar-refractivity contribution in [3.05, 3.63) is 91.3 Å². The van der Waals surface area contributed by atoms with Gasteiger partial charge in [0.15, 0.2) is 5.17 Å². The first-order valence-corrected chi connectivity index (χ1v) is 12.4. The van der Waals surface area contributed by atoms with E-state index < -0.39 is 0 Å². The van der Waals surface area contributed by atoms with Gasteiger partial charge in [-0.15, -0.1) is 6.42 Å². The van der Waals surface area contributed by atoms with Crippen LogP contribution in [-0.2, 0) is 4.79 Å². The number of hydrogen-bond donors (Lipinski definition) is 0. The number of thioether (sulfide) groups is 1. The van der Waals surface area contributed by atoms with E-state index in [1.54, 1.807) is 36.4 Å². The van der Waals surface area contributed by atoms with Crippen molar-refractivity contribution in [1.82, 2.24) is 0 Å². The number of hydrogen-bond acceptors (Lipinski definition) is 4. The Bertz CT molecular complexity index is 1430. The van der Waals surface area contributed by atoms with Gasteiger partial charge in [-0.05, 0) is 85.3 Å². The van der Waals surface area contributed by atoms with Crippen molar-refractivity contribution in [3.8, 4) is 18.1 Å². The molecule has 1 saturated heterocycles. The van der Waals surface area contributed by atoms with Crippen LogP contribution in [0, 0.1) is 26.2 Å². The summed E-state index contributed by atoms with van der Waals surface area (Å²) in [6.07, 6.45) is 7.06. The molecule has 176 valence electrons. The van der Waals surface area contributed by atoms with Crippen LogP contribution in [-0.4, -0.2) is 17.7 Å². The van der Waals surface area contributed by atoms with Crippen LogP contribution in [0.5, 0.6) is 5.75 Å². The molecule has 0 spiro atoms. The predicted molar refractivity (Wildman–Crippen MR) is 148 cm³/mol. The zero-order valence-electron chi connectivity index (χ0n) is 18.8. The highest BCUT2D eigenvalue weighted by Gasteiger charge is 2.35. The van der Waals surface area contributed by atoms with Crippen LogP contribution in [0.4, 0.5) is 11.4 Å². The molecule has 1 amide bonds. The van der Waals surface area contributed by atoms with Gasteiger partial charge in [-0.1, -0.05) is 52.9 Å². The molecule has 0 saturated carbocycles. The SMILES string of the molecule is C#CCOc1ccc(Cl)cc1/C=C1/SC(=Nc2ccc(C)c(Cl)c2)N(c2ccc(C)c(Cl)c2)C1=O. The highest BCUT2D eigenvalue weighted by Crippen LogP contribution is 2.40. The van der Waals surface area contributed by atoms with E-state index in [1.807, 2.05) is 38.1 Å². The molecule has 3 aromatic rings. The number of aliphatic imine (C=N–C) groups is 1. The van der Waals surface area contributed by atoms with E-state index in [0.29, 0.717) is 47.8 Å². The van der Waals surface area contributed by atoms with Gasteiger partial charge in [0.1, 0.15) is 12.4 Å². The summed E-state index contributed by atoms with van der Waals surface area (Å²) in [6.45, 7) is 3.91. The summed E-state index contributed by atoms with van der Waals surface area (Å²) in [7, 11) is 0. The van der Waals surface area contributed by atoms with Crippen LogP contribution in [0.2, 0.25) is 15.1 Å². The van der Waals surface area contributed by atoms with E-state index in [-0.39, 0.29) is 12.5 Å². The number of amidine groups is 1. The Labute approximate surface area is 223 Å². The smallest absolute Gasteiger partial charge is 0.271 e. The second-order valence-corrected chi connectivity index (χ2v) is 9.95. The van der Waals surface area contributed by atoms with Crippen molar-refractivity contribution in [1.29, 1.82) is 0 Å². The van der Waals surface area contributed by atoms with Crippen LogP contribution < -0.4 is 9.64 Å². The van der Waals surface area contributed by atoms with Crippen molar-refractivity contribution < 1.29 is 9.53 Å². The number of terminal acetylenes is 1. The van der Waals surface area contributed by atoms with E-state index in [4.69, 9.17) is 51.0 Å². The van der Waals surface area contributed by atoms with Gasteiger partial charge in [0.2, 0.25) is 0 Å². The standard InChI is InChI=1S/C27H19Cl3N2O2S/c1-4-11-34-24-10-7-19(28)12-18(24)13-25-26(33)32(21-9-6-17(3)23(30)15-21)27(35-25)31-20-8-5-16(2)22(29)14-20/h1,5-10,12-15H,11H2,2-3H3/b25-13+,31-27?. The average molecular weight is 542 g/mol. The second-order valence-electron chi connectivity index (χ2n) is 7.69. The van der Waals surface area contributed by atoms with Crippen molar-refractivity contribution in [3.63, 3.8) is 0 Å².